The van der Waals surface area contributed by atoms with Crippen molar-refractivity contribution in [1.29, 1.82) is 0 Å². The van der Waals surface area contributed by atoms with Gasteiger partial charge in [-0.1, -0.05) is 6.92 Å². The molecule has 0 saturated carbocycles. The van der Waals surface area contributed by atoms with Crippen LogP contribution in [0.25, 0.3) is 0 Å². The van der Waals surface area contributed by atoms with Gasteiger partial charge in [0, 0.05) is 18.3 Å². The predicted octanol–water partition coefficient (Wildman–Crippen LogP) is 0.710. The summed E-state index contributed by atoms with van der Waals surface area (Å²) in [6.45, 7) is 5.24. The van der Waals surface area contributed by atoms with Crippen LogP contribution in [0.4, 0.5) is 0 Å². The van der Waals surface area contributed by atoms with Crippen LogP contribution in [0.1, 0.15) is 13.8 Å². The largest absolute Gasteiger partial charge is 0.395 e. The third-order valence-corrected chi connectivity index (χ3v) is 2.32. The Labute approximate surface area is 67.4 Å². The van der Waals surface area contributed by atoms with Crippen LogP contribution in [-0.4, -0.2) is 35.8 Å². The van der Waals surface area contributed by atoms with Crippen LogP contribution in [0.3, 0.4) is 0 Å². The van der Waals surface area contributed by atoms with Gasteiger partial charge in [-0.05, 0) is 12.7 Å². The Bertz CT molecular complexity index is 62.6. The summed E-state index contributed by atoms with van der Waals surface area (Å²) in [4.78, 5) is 0. The Morgan fingerprint density at radius 3 is 2.80 bits per heavy atom. The van der Waals surface area contributed by atoms with Crippen molar-refractivity contribution >= 4 is 11.8 Å². The molecule has 62 valence electrons. The molecule has 2 nitrogen and oxygen atoms in total. The average Bonchev–Trinajstić information content (AvgIpc) is 1.97. The number of hydrogen-bond donors (Lipinski definition) is 2. The maximum atomic E-state index is 8.47. The molecular weight excluding hydrogens is 146 g/mol. The van der Waals surface area contributed by atoms with Crippen molar-refractivity contribution in [3.63, 3.8) is 0 Å². The highest BCUT2D eigenvalue weighted by molar-refractivity contribution is 7.99. The third-order valence-electron chi connectivity index (χ3n) is 1.18. The summed E-state index contributed by atoms with van der Waals surface area (Å²) >= 11 is 1.92. The molecule has 0 aliphatic rings. The van der Waals surface area contributed by atoms with Crippen LogP contribution in [0.15, 0.2) is 0 Å². The molecular formula is C7H17NOS. The van der Waals surface area contributed by atoms with Crippen molar-refractivity contribution < 1.29 is 5.11 Å². The van der Waals surface area contributed by atoms with Gasteiger partial charge in [-0.2, -0.15) is 11.8 Å². The van der Waals surface area contributed by atoms with Crippen molar-refractivity contribution in [1.82, 2.24) is 5.32 Å². The smallest absolute Gasteiger partial charge is 0.0556 e. The molecule has 0 aromatic carbocycles. The lowest BCUT2D eigenvalue weighted by atomic mass is 10.4. The minimum Gasteiger partial charge on any atom is -0.395 e. The first-order chi connectivity index (χ1) is 4.81. The molecule has 0 fully saturated rings. The molecule has 0 amide bonds. The van der Waals surface area contributed by atoms with Gasteiger partial charge in [0.1, 0.15) is 0 Å². The predicted molar refractivity (Wildman–Crippen MR) is 47.5 cm³/mol. The standard InChI is InChI=1S/C7H17NOS/c1-3-10-6-7(2)8-4-5-9/h7-9H,3-6H2,1-2H3. The maximum absolute atomic E-state index is 8.47. The first kappa shape index (κ1) is 10.3. The number of aliphatic hydroxyl groups is 1. The van der Waals surface area contributed by atoms with Gasteiger partial charge in [0.25, 0.3) is 0 Å². The van der Waals surface area contributed by atoms with Gasteiger partial charge in [-0.3, -0.25) is 0 Å². The lowest BCUT2D eigenvalue weighted by Gasteiger charge is -2.10. The monoisotopic (exact) mass is 163 g/mol. The lowest BCUT2D eigenvalue weighted by Crippen LogP contribution is -2.30. The second-order valence-electron chi connectivity index (χ2n) is 2.24. The number of nitrogens with one attached hydrogen (secondary N) is 1. The van der Waals surface area contributed by atoms with E-state index in [9.17, 15) is 0 Å². The van der Waals surface area contributed by atoms with Crippen LogP contribution in [0.5, 0.6) is 0 Å². The van der Waals surface area contributed by atoms with Crippen LogP contribution in [0, 0.1) is 0 Å². The fourth-order valence-corrected chi connectivity index (χ4v) is 1.37. The highest BCUT2D eigenvalue weighted by atomic mass is 32.2. The van der Waals surface area contributed by atoms with Crippen molar-refractivity contribution in [2.24, 2.45) is 0 Å². The minimum absolute atomic E-state index is 0.237. The highest BCUT2D eigenvalue weighted by Crippen LogP contribution is 2.00. The molecule has 0 saturated heterocycles. The number of rotatable bonds is 6. The first-order valence-corrected chi connectivity index (χ1v) is 4.88. The average molecular weight is 163 g/mol. The SMILES string of the molecule is CCSCC(C)NCCO. The summed E-state index contributed by atoms with van der Waals surface area (Å²) in [5, 5.41) is 11.7. The summed E-state index contributed by atoms with van der Waals surface area (Å²) in [6.07, 6.45) is 0. The van der Waals surface area contributed by atoms with E-state index in [0.29, 0.717) is 12.6 Å². The molecule has 0 aliphatic carbocycles. The summed E-state index contributed by atoms with van der Waals surface area (Å²) in [7, 11) is 0. The number of thioether (sulfide) groups is 1. The fraction of sp³-hybridized carbons (Fsp3) is 1.00. The molecule has 0 rings (SSSR count). The molecule has 0 aromatic heterocycles. The second-order valence-corrected chi connectivity index (χ2v) is 3.56. The fourth-order valence-electron chi connectivity index (χ4n) is 0.665. The summed E-state index contributed by atoms with van der Waals surface area (Å²) in [6, 6.07) is 0.525. The molecule has 0 heterocycles. The summed E-state index contributed by atoms with van der Waals surface area (Å²) < 4.78 is 0. The number of aliphatic hydroxyl groups excluding tert-OH is 1. The van der Waals surface area contributed by atoms with Gasteiger partial charge >= 0.3 is 0 Å². The van der Waals surface area contributed by atoms with E-state index in [2.05, 4.69) is 19.2 Å². The Balaban J connectivity index is 3.00. The number of hydrogen-bond acceptors (Lipinski definition) is 3. The third kappa shape index (κ3) is 6.39. The van der Waals surface area contributed by atoms with E-state index < -0.39 is 0 Å². The zero-order valence-corrected chi connectivity index (χ0v) is 7.58. The molecule has 3 heteroatoms. The summed E-state index contributed by atoms with van der Waals surface area (Å²) in [5.41, 5.74) is 0. The Hall–Kier alpha value is 0.270. The first-order valence-electron chi connectivity index (χ1n) is 3.73. The molecule has 0 bridgehead atoms. The van der Waals surface area contributed by atoms with E-state index in [1.165, 1.54) is 5.75 Å². The topological polar surface area (TPSA) is 32.3 Å². The zero-order chi connectivity index (χ0) is 7.82. The molecule has 0 radical (unpaired) electrons. The van der Waals surface area contributed by atoms with E-state index in [4.69, 9.17) is 5.11 Å². The van der Waals surface area contributed by atoms with Crippen molar-refractivity contribution in [3.05, 3.63) is 0 Å². The Morgan fingerprint density at radius 2 is 2.30 bits per heavy atom. The van der Waals surface area contributed by atoms with E-state index in [1.807, 2.05) is 11.8 Å². The second kappa shape index (κ2) is 7.38. The van der Waals surface area contributed by atoms with Crippen molar-refractivity contribution in [2.45, 2.75) is 19.9 Å². The summed E-state index contributed by atoms with van der Waals surface area (Å²) in [5.74, 6) is 2.31. The normalized spacial score (nSPS) is 13.5. The maximum Gasteiger partial charge on any atom is 0.0556 e. The highest BCUT2D eigenvalue weighted by Gasteiger charge is 1.97. The van der Waals surface area contributed by atoms with Crippen LogP contribution >= 0.6 is 11.8 Å². The van der Waals surface area contributed by atoms with Gasteiger partial charge in [0.05, 0.1) is 6.61 Å². The van der Waals surface area contributed by atoms with E-state index in [0.717, 1.165) is 5.75 Å². The molecule has 0 aliphatic heterocycles. The van der Waals surface area contributed by atoms with Crippen molar-refractivity contribution in [2.75, 3.05) is 24.7 Å². The molecule has 0 aromatic rings. The molecule has 0 spiro atoms. The van der Waals surface area contributed by atoms with Crippen LogP contribution < -0.4 is 5.32 Å². The van der Waals surface area contributed by atoms with Crippen LogP contribution in [-0.2, 0) is 0 Å². The van der Waals surface area contributed by atoms with Gasteiger partial charge in [0.15, 0.2) is 0 Å². The molecule has 1 unspecified atom stereocenters. The lowest BCUT2D eigenvalue weighted by molar-refractivity contribution is 0.288. The van der Waals surface area contributed by atoms with E-state index >= 15 is 0 Å². The molecule has 1 atom stereocenters. The quantitative estimate of drug-likeness (QED) is 0.605. The minimum atomic E-state index is 0.237. The Kier molecular flexibility index (Phi) is 7.58. The van der Waals surface area contributed by atoms with Gasteiger partial charge < -0.3 is 10.4 Å². The van der Waals surface area contributed by atoms with E-state index in [-0.39, 0.29) is 6.61 Å². The van der Waals surface area contributed by atoms with Crippen LogP contribution in [0.2, 0.25) is 0 Å². The van der Waals surface area contributed by atoms with Gasteiger partial charge in [-0.25, -0.2) is 0 Å². The Morgan fingerprint density at radius 1 is 1.60 bits per heavy atom. The van der Waals surface area contributed by atoms with Gasteiger partial charge in [-0.15, -0.1) is 0 Å². The van der Waals surface area contributed by atoms with Crippen molar-refractivity contribution in [3.8, 4) is 0 Å². The van der Waals surface area contributed by atoms with Gasteiger partial charge in [0.2, 0.25) is 0 Å². The molecule has 2 N–H and O–H groups in total. The molecule has 10 heavy (non-hydrogen) atoms. The van der Waals surface area contributed by atoms with E-state index in [1.54, 1.807) is 0 Å². The zero-order valence-electron chi connectivity index (χ0n) is 6.76.